The van der Waals surface area contributed by atoms with Gasteiger partial charge in [0.25, 0.3) is 0 Å². The quantitative estimate of drug-likeness (QED) is 0.910. The lowest BCUT2D eigenvalue weighted by molar-refractivity contribution is 0.474. The maximum Gasteiger partial charge on any atom is 0.177 e. The minimum Gasteiger partial charge on any atom is -0.507 e. The lowest BCUT2D eigenvalue weighted by atomic mass is 10.1. The molecule has 0 bridgehead atoms. The molecule has 1 heterocycles. The maximum absolute atomic E-state index is 10.2. The number of hydrogen-bond acceptors (Lipinski definition) is 6. The third-order valence-electron chi connectivity index (χ3n) is 3.58. The van der Waals surface area contributed by atoms with Gasteiger partial charge >= 0.3 is 0 Å². The summed E-state index contributed by atoms with van der Waals surface area (Å²) in [5.41, 5.74) is 2.02. The minimum atomic E-state index is -0.0132. The second-order valence-electron chi connectivity index (χ2n) is 4.96. The van der Waals surface area contributed by atoms with Crippen LogP contribution in [0.15, 0.2) is 24.4 Å². The van der Waals surface area contributed by atoms with Crippen LogP contribution in [0.1, 0.15) is 36.5 Å². The van der Waals surface area contributed by atoms with Crippen molar-refractivity contribution in [1.29, 1.82) is 10.5 Å². The van der Waals surface area contributed by atoms with Gasteiger partial charge in [0.05, 0.1) is 11.9 Å². The van der Waals surface area contributed by atoms with E-state index >= 15 is 0 Å². The molecule has 0 amide bonds. The fraction of sp³-hybridized carbons (Fsp3) is 0.222. The normalized spacial score (nSPS) is 10.3. The van der Waals surface area contributed by atoms with E-state index in [1.54, 1.807) is 18.2 Å². The minimum absolute atomic E-state index is 0.000993. The average Bonchev–Trinajstić information content (AvgIpc) is 2.61. The summed E-state index contributed by atoms with van der Waals surface area (Å²) in [6.07, 6.45) is 4.75. The molecule has 1 aromatic carbocycles. The standard InChI is InChI=1S/C18H17N5O/c1-3-23(4-2)15-8-6-13(18(24)9-15)5-7-14-12-21-16(10-19)17(11-20)22-14/h5-9,12,24H,3-4H2,1-2H3/b7-5+. The van der Waals surface area contributed by atoms with E-state index < -0.39 is 0 Å². The van der Waals surface area contributed by atoms with Crippen LogP contribution in [-0.2, 0) is 0 Å². The Morgan fingerprint density at radius 3 is 2.42 bits per heavy atom. The van der Waals surface area contributed by atoms with Gasteiger partial charge in [-0.05, 0) is 38.1 Å². The Morgan fingerprint density at radius 2 is 1.83 bits per heavy atom. The van der Waals surface area contributed by atoms with Gasteiger partial charge in [-0.2, -0.15) is 10.5 Å². The number of phenols is 1. The van der Waals surface area contributed by atoms with Gasteiger partial charge in [-0.1, -0.05) is 0 Å². The van der Waals surface area contributed by atoms with Gasteiger partial charge in [-0.3, -0.25) is 0 Å². The van der Waals surface area contributed by atoms with Gasteiger partial charge in [-0.15, -0.1) is 0 Å². The van der Waals surface area contributed by atoms with Crippen LogP contribution in [0.2, 0.25) is 0 Å². The molecule has 0 saturated heterocycles. The van der Waals surface area contributed by atoms with Gasteiger partial charge in [0.1, 0.15) is 17.9 Å². The molecule has 0 aliphatic rings. The summed E-state index contributed by atoms with van der Waals surface area (Å²) in [5.74, 6) is 0.165. The number of nitrogens with zero attached hydrogens (tertiary/aromatic N) is 5. The van der Waals surface area contributed by atoms with Crippen LogP contribution in [0.25, 0.3) is 12.2 Å². The average molecular weight is 319 g/mol. The van der Waals surface area contributed by atoms with Crippen molar-refractivity contribution < 1.29 is 5.11 Å². The van der Waals surface area contributed by atoms with Crippen molar-refractivity contribution in [2.24, 2.45) is 0 Å². The monoisotopic (exact) mass is 319 g/mol. The first-order chi connectivity index (χ1) is 11.6. The molecule has 0 unspecified atom stereocenters. The van der Waals surface area contributed by atoms with Crippen LogP contribution in [0.5, 0.6) is 5.75 Å². The number of aromatic nitrogens is 2. The van der Waals surface area contributed by atoms with Crippen LogP contribution in [0.3, 0.4) is 0 Å². The molecule has 2 rings (SSSR count). The molecule has 0 aliphatic carbocycles. The van der Waals surface area contributed by atoms with E-state index in [9.17, 15) is 5.11 Å². The van der Waals surface area contributed by atoms with Gasteiger partial charge in [-0.25, -0.2) is 9.97 Å². The predicted molar refractivity (Wildman–Crippen MR) is 92.1 cm³/mol. The Hall–Kier alpha value is -3.38. The lowest BCUT2D eigenvalue weighted by Gasteiger charge is -2.21. The van der Waals surface area contributed by atoms with Crippen LogP contribution < -0.4 is 4.90 Å². The van der Waals surface area contributed by atoms with Gasteiger partial charge < -0.3 is 10.0 Å². The molecule has 0 atom stereocenters. The van der Waals surface area contributed by atoms with Crippen molar-refractivity contribution in [3.05, 3.63) is 47.0 Å². The first kappa shape index (κ1) is 17.0. The molecule has 2 aromatic rings. The number of hydrogen-bond donors (Lipinski definition) is 1. The zero-order valence-electron chi connectivity index (χ0n) is 13.6. The first-order valence-electron chi connectivity index (χ1n) is 7.56. The number of anilines is 1. The zero-order valence-corrected chi connectivity index (χ0v) is 13.6. The fourth-order valence-corrected chi connectivity index (χ4v) is 2.28. The highest BCUT2D eigenvalue weighted by molar-refractivity contribution is 5.73. The highest BCUT2D eigenvalue weighted by atomic mass is 16.3. The Morgan fingerprint density at radius 1 is 1.12 bits per heavy atom. The Labute approximate surface area is 140 Å². The summed E-state index contributed by atoms with van der Waals surface area (Å²) in [6.45, 7) is 5.85. The summed E-state index contributed by atoms with van der Waals surface area (Å²) >= 11 is 0. The van der Waals surface area contributed by atoms with Gasteiger partial charge in [0, 0.05) is 30.4 Å². The van der Waals surface area contributed by atoms with Crippen molar-refractivity contribution in [1.82, 2.24) is 9.97 Å². The van der Waals surface area contributed by atoms with Crippen LogP contribution >= 0.6 is 0 Å². The molecule has 0 fully saturated rings. The molecule has 6 heteroatoms. The highest BCUT2D eigenvalue weighted by Crippen LogP contribution is 2.26. The molecule has 0 saturated carbocycles. The van der Waals surface area contributed by atoms with E-state index in [-0.39, 0.29) is 17.1 Å². The molecule has 1 N–H and O–H groups in total. The molecular formula is C18H17N5O. The molecule has 24 heavy (non-hydrogen) atoms. The van der Waals surface area contributed by atoms with Crippen molar-refractivity contribution in [3.63, 3.8) is 0 Å². The molecule has 0 spiro atoms. The van der Waals surface area contributed by atoms with E-state index in [0.29, 0.717) is 11.3 Å². The van der Waals surface area contributed by atoms with Crippen LogP contribution in [0.4, 0.5) is 5.69 Å². The zero-order chi connectivity index (χ0) is 17.5. The van der Waals surface area contributed by atoms with Crippen molar-refractivity contribution in [3.8, 4) is 17.9 Å². The van der Waals surface area contributed by atoms with E-state index in [1.807, 2.05) is 24.3 Å². The number of phenolic OH excluding ortho intramolecular Hbond substituents is 1. The van der Waals surface area contributed by atoms with Crippen molar-refractivity contribution in [2.75, 3.05) is 18.0 Å². The summed E-state index contributed by atoms with van der Waals surface area (Å²) in [5, 5.41) is 28.0. The second-order valence-corrected chi connectivity index (χ2v) is 4.96. The number of benzene rings is 1. The summed E-state index contributed by atoms with van der Waals surface area (Å²) in [6, 6.07) is 9.15. The largest absolute Gasteiger partial charge is 0.507 e. The fourth-order valence-electron chi connectivity index (χ4n) is 2.28. The van der Waals surface area contributed by atoms with Crippen molar-refractivity contribution in [2.45, 2.75) is 13.8 Å². The molecule has 6 nitrogen and oxygen atoms in total. The van der Waals surface area contributed by atoms with Gasteiger partial charge in [0.2, 0.25) is 0 Å². The second kappa shape index (κ2) is 7.75. The summed E-state index contributed by atoms with van der Waals surface area (Å²) < 4.78 is 0. The predicted octanol–water partition coefficient (Wildman–Crippen LogP) is 2.94. The summed E-state index contributed by atoms with van der Waals surface area (Å²) in [4.78, 5) is 10.1. The molecular weight excluding hydrogens is 302 g/mol. The van der Waals surface area contributed by atoms with E-state index in [0.717, 1.165) is 18.8 Å². The topological polar surface area (TPSA) is 96.8 Å². The smallest absolute Gasteiger partial charge is 0.177 e. The Bertz CT molecular complexity index is 841. The Kier molecular flexibility index (Phi) is 5.49. The van der Waals surface area contributed by atoms with Crippen LogP contribution in [0, 0.1) is 22.7 Å². The summed E-state index contributed by atoms with van der Waals surface area (Å²) in [7, 11) is 0. The molecule has 0 aliphatic heterocycles. The SMILES string of the molecule is CCN(CC)c1ccc(/C=C/c2cnc(C#N)c(C#N)n2)c(O)c1. The molecule has 0 radical (unpaired) electrons. The first-order valence-corrected chi connectivity index (χ1v) is 7.56. The third-order valence-corrected chi connectivity index (χ3v) is 3.58. The Balaban J connectivity index is 2.27. The van der Waals surface area contributed by atoms with Crippen LogP contribution in [-0.4, -0.2) is 28.2 Å². The van der Waals surface area contributed by atoms with Gasteiger partial charge in [0.15, 0.2) is 11.4 Å². The third kappa shape index (κ3) is 3.68. The number of rotatable bonds is 5. The van der Waals surface area contributed by atoms with Crippen molar-refractivity contribution >= 4 is 17.8 Å². The number of aromatic hydroxyl groups is 1. The molecule has 120 valence electrons. The maximum atomic E-state index is 10.2. The number of nitriles is 2. The highest BCUT2D eigenvalue weighted by Gasteiger charge is 2.07. The van der Waals surface area contributed by atoms with E-state index in [1.165, 1.54) is 6.20 Å². The molecule has 1 aromatic heterocycles. The lowest BCUT2D eigenvalue weighted by Crippen LogP contribution is -2.21. The van der Waals surface area contributed by atoms with E-state index in [2.05, 4.69) is 28.7 Å². The van der Waals surface area contributed by atoms with E-state index in [4.69, 9.17) is 10.5 Å².